The number of H-pyrrole nitrogens is 3. The first-order valence-corrected chi connectivity index (χ1v) is 15.1. The maximum absolute atomic E-state index is 12.8. The minimum Gasteiger partial charge on any atom is -0.469 e. The minimum absolute atomic E-state index is 0.0400. The first-order chi connectivity index (χ1) is 20.7. The van der Waals surface area contributed by atoms with Crippen molar-refractivity contribution in [1.82, 2.24) is 20.3 Å². The van der Waals surface area contributed by atoms with E-state index in [2.05, 4.69) is 72.8 Å². The standard InChI is InChI=1S/C35H42N4O4/c1-8-23-19(4)29-18-32-24(9-2)20(5)28(38-32)17-30-21(6)25(12-14-33(40)43-10-3)35(39-30)26(16-34(41)42-7)27-13-11-22(36-27)15-31(23)37-29/h9,11,13,15,17-18,21,25,36-39H,2,8,10,12,14,16H2,1,3-7H3/b29-18-,30-17-,31-15-,35-26-/t21-,25-/m0/s1. The lowest BCUT2D eigenvalue weighted by molar-refractivity contribution is -0.143. The summed E-state index contributed by atoms with van der Waals surface area (Å²) in [4.78, 5) is 36.0. The summed E-state index contributed by atoms with van der Waals surface area (Å²) >= 11 is 0. The number of esters is 2. The summed E-state index contributed by atoms with van der Waals surface area (Å²) < 4.78 is 10.4. The number of aromatic amines is 3. The highest BCUT2D eigenvalue weighted by Gasteiger charge is 2.36. The molecule has 0 amide bonds. The maximum atomic E-state index is 12.8. The first-order valence-electron chi connectivity index (χ1n) is 15.1. The second-order valence-electron chi connectivity index (χ2n) is 11.3. The molecule has 0 aliphatic carbocycles. The van der Waals surface area contributed by atoms with Gasteiger partial charge in [-0.2, -0.15) is 0 Å². The quantitative estimate of drug-likeness (QED) is 0.280. The molecule has 8 bridgehead atoms. The monoisotopic (exact) mass is 582 g/mol. The molecule has 8 heteroatoms. The topological polar surface area (TPSA) is 112 Å². The summed E-state index contributed by atoms with van der Waals surface area (Å²) in [6, 6.07) is 4.04. The summed E-state index contributed by atoms with van der Waals surface area (Å²) in [7, 11) is 1.41. The first kappa shape index (κ1) is 30.0. The van der Waals surface area contributed by atoms with Gasteiger partial charge < -0.3 is 29.7 Å². The van der Waals surface area contributed by atoms with Crippen molar-refractivity contribution in [3.8, 4) is 0 Å². The van der Waals surface area contributed by atoms with Crippen molar-refractivity contribution >= 4 is 41.8 Å². The Morgan fingerprint density at radius 1 is 0.977 bits per heavy atom. The van der Waals surface area contributed by atoms with Gasteiger partial charge >= 0.3 is 11.9 Å². The fraction of sp³-hybridized carbons (Fsp3) is 0.371. The number of carbonyl (C=O) groups is 2. The van der Waals surface area contributed by atoms with Crippen LogP contribution in [0.5, 0.6) is 0 Å². The molecule has 2 aliphatic rings. The van der Waals surface area contributed by atoms with Crippen LogP contribution in [0.15, 0.2) is 30.1 Å². The van der Waals surface area contributed by atoms with Crippen LogP contribution in [-0.2, 0) is 25.5 Å². The number of carbonyl (C=O) groups excluding carboxylic acids is 2. The van der Waals surface area contributed by atoms with Crippen LogP contribution < -0.4 is 16.0 Å². The Bertz CT molecular complexity index is 1760. The van der Waals surface area contributed by atoms with E-state index in [1.165, 1.54) is 18.2 Å². The molecule has 5 rings (SSSR count). The zero-order valence-corrected chi connectivity index (χ0v) is 26.0. The van der Waals surface area contributed by atoms with Gasteiger partial charge in [-0.15, -0.1) is 0 Å². The molecule has 0 saturated carbocycles. The van der Waals surface area contributed by atoms with Crippen LogP contribution in [-0.4, -0.2) is 40.6 Å². The van der Waals surface area contributed by atoms with E-state index < -0.39 is 0 Å². The minimum atomic E-state index is -0.332. The summed E-state index contributed by atoms with van der Waals surface area (Å²) in [5.41, 5.74) is 11.1. The third kappa shape index (κ3) is 5.78. The van der Waals surface area contributed by atoms with Gasteiger partial charge in [0.05, 0.1) is 20.1 Å². The second-order valence-corrected chi connectivity index (χ2v) is 11.3. The number of nitrogens with one attached hydrogen (secondary N) is 4. The van der Waals surface area contributed by atoms with Crippen LogP contribution in [0.2, 0.25) is 0 Å². The van der Waals surface area contributed by atoms with Crippen molar-refractivity contribution in [1.29, 1.82) is 0 Å². The molecule has 226 valence electrons. The van der Waals surface area contributed by atoms with E-state index in [4.69, 9.17) is 9.47 Å². The number of ether oxygens (including phenoxy) is 2. The Morgan fingerprint density at radius 2 is 1.77 bits per heavy atom. The molecule has 4 N–H and O–H groups in total. The van der Waals surface area contributed by atoms with Gasteiger partial charge in [-0.1, -0.05) is 26.5 Å². The van der Waals surface area contributed by atoms with E-state index in [9.17, 15) is 9.59 Å². The molecule has 0 radical (unpaired) electrons. The smallest absolute Gasteiger partial charge is 0.310 e. The fourth-order valence-corrected chi connectivity index (χ4v) is 6.45. The Kier molecular flexibility index (Phi) is 8.67. The van der Waals surface area contributed by atoms with Gasteiger partial charge in [0.25, 0.3) is 0 Å². The van der Waals surface area contributed by atoms with Crippen molar-refractivity contribution in [2.75, 3.05) is 13.7 Å². The van der Waals surface area contributed by atoms with Crippen LogP contribution in [0.25, 0.3) is 29.9 Å². The maximum Gasteiger partial charge on any atom is 0.310 e. The molecule has 2 aliphatic heterocycles. The number of aromatic nitrogens is 3. The predicted octanol–water partition coefficient (Wildman–Crippen LogP) is 4.98. The van der Waals surface area contributed by atoms with Crippen LogP contribution in [0.1, 0.15) is 85.1 Å². The average molecular weight is 583 g/mol. The van der Waals surface area contributed by atoms with E-state index in [0.29, 0.717) is 13.0 Å². The fourth-order valence-electron chi connectivity index (χ4n) is 6.45. The highest BCUT2D eigenvalue weighted by atomic mass is 16.5. The third-order valence-electron chi connectivity index (χ3n) is 8.88. The molecule has 0 aromatic carbocycles. The van der Waals surface area contributed by atoms with Gasteiger partial charge in [0.15, 0.2) is 0 Å². The molecule has 3 aromatic heterocycles. The molecule has 0 spiro atoms. The molecule has 8 nitrogen and oxygen atoms in total. The Balaban J connectivity index is 1.79. The van der Waals surface area contributed by atoms with Gasteiger partial charge in [0.2, 0.25) is 0 Å². The van der Waals surface area contributed by atoms with E-state index in [-0.39, 0.29) is 36.6 Å². The number of methoxy groups -OCH3 is 1. The average Bonchev–Trinajstić information content (AvgIpc) is 3.72. The van der Waals surface area contributed by atoms with E-state index in [1.54, 1.807) is 0 Å². The molecular weight excluding hydrogens is 540 g/mol. The summed E-state index contributed by atoms with van der Waals surface area (Å²) in [5, 5.41) is 5.78. The molecule has 1 saturated heterocycles. The van der Waals surface area contributed by atoms with Crippen LogP contribution >= 0.6 is 0 Å². The van der Waals surface area contributed by atoms with Gasteiger partial charge in [0, 0.05) is 74.3 Å². The van der Waals surface area contributed by atoms with Gasteiger partial charge in [-0.25, -0.2) is 0 Å². The molecule has 5 heterocycles. The van der Waals surface area contributed by atoms with Crippen LogP contribution in [0.3, 0.4) is 0 Å². The second kappa shape index (κ2) is 12.4. The number of fused-ring (bicyclic) bond motifs is 8. The Hall–Kier alpha value is -4.46. The normalized spacial score (nSPS) is 22.0. The molecule has 2 atom stereocenters. The van der Waals surface area contributed by atoms with Crippen molar-refractivity contribution in [2.45, 2.75) is 60.3 Å². The number of hydrogen-bond donors (Lipinski definition) is 4. The zero-order valence-electron chi connectivity index (χ0n) is 26.0. The van der Waals surface area contributed by atoms with E-state index in [0.717, 1.165) is 68.0 Å². The van der Waals surface area contributed by atoms with Gasteiger partial charge in [-0.05, 0) is 80.7 Å². The third-order valence-corrected chi connectivity index (χ3v) is 8.88. The largest absolute Gasteiger partial charge is 0.469 e. The Labute approximate surface area is 252 Å². The van der Waals surface area contributed by atoms with Gasteiger partial charge in [-0.3, -0.25) is 9.59 Å². The highest BCUT2D eigenvalue weighted by Crippen LogP contribution is 2.41. The summed E-state index contributed by atoms with van der Waals surface area (Å²) in [6.45, 7) is 14.8. The predicted molar refractivity (Wildman–Crippen MR) is 171 cm³/mol. The number of rotatable bonds is 8. The number of allylic oxidation sites excluding steroid dienone is 2. The van der Waals surface area contributed by atoms with Crippen LogP contribution in [0, 0.1) is 25.7 Å². The van der Waals surface area contributed by atoms with E-state index >= 15 is 0 Å². The molecule has 0 unspecified atom stereocenters. The van der Waals surface area contributed by atoms with Crippen molar-refractivity contribution < 1.29 is 19.1 Å². The van der Waals surface area contributed by atoms with Crippen molar-refractivity contribution in [3.05, 3.63) is 85.8 Å². The molecule has 1 fully saturated rings. The SMILES string of the molecule is C=Cc1c2[nH]c(c1C)/C=C1\N/C(=C(/CC(=O)OC)c3ccc([nH]3)/C=c3\[nH]/c(c(C)c3CC)=C\2)[C@@H](CCC(=O)OCC)[C@@H]1C. The number of hydrogen-bond acceptors (Lipinski definition) is 5. The van der Waals surface area contributed by atoms with E-state index in [1.807, 2.05) is 25.1 Å². The van der Waals surface area contributed by atoms with Crippen LogP contribution in [0.4, 0.5) is 0 Å². The molecule has 43 heavy (non-hydrogen) atoms. The summed E-state index contributed by atoms with van der Waals surface area (Å²) in [5.74, 6) is -0.543. The summed E-state index contributed by atoms with van der Waals surface area (Å²) in [6.07, 6.45) is 10.2. The van der Waals surface area contributed by atoms with Gasteiger partial charge in [0.1, 0.15) is 0 Å². The van der Waals surface area contributed by atoms with Crippen molar-refractivity contribution in [3.63, 3.8) is 0 Å². The highest BCUT2D eigenvalue weighted by molar-refractivity contribution is 5.86. The molecular formula is C35H42N4O4. The van der Waals surface area contributed by atoms with Crippen molar-refractivity contribution in [2.24, 2.45) is 11.8 Å². The Morgan fingerprint density at radius 3 is 2.47 bits per heavy atom. The molecule has 3 aromatic rings. The zero-order chi connectivity index (χ0) is 30.8. The lowest BCUT2D eigenvalue weighted by Crippen LogP contribution is -2.16. The lowest BCUT2D eigenvalue weighted by atomic mass is 9.86. The lowest BCUT2D eigenvalue weighted by Gasteiger charge is -2.18.